The highest BCUT2D eigenvalue weighted by molar-refractivity contribution is 5.86. The van der Waals surface area contributed by atoms with Crippen molar-refractivity contribution in [3.63, 3.8) is 0 Å². The van der Waals surface area contributed by atoms with Crippen LogP contribution in [-0.2, 0) is 4.74 Å². The summed E-state index contributed by atoms with van der Waals surface area (Å²) in [7, 11) is 3.05. The summed E-state index contributed by atoms with van der Waals surface area (Å²) in [6.45, 7) is 0. The van der Waals surface area contributed by atoms with E-state index in [1.165, 1.54) is 7.11 Å². The predicted molar refractivity (Wildman–Crippen MR) is 59.1 cm³/mol. The topological polar surface area (TPSA) is 62.7 Å². The Morgan fingerprint density at radius 1 is 1.40 bits per heavy atom. The first kappa shape index (κ1) is 11.0. The highest BCUT2D eigenvalue weighted by atomic mass is 16.5. The van der Waals surface area contributed by atoms with Gasteiger partial charge >= 0.3 is 6.09 Å². The number of carbonyl (C=O) groups is 1. The van der Waals surface area contributed by atoms with Gasteiger partial charge in [0.05, 0.1) is 13.3 Å². The minimum atomic E-state index is -0.480. The number of hydrazone groups is 1. The van der Waals surface area contributed by atoms with E-state index in [1.807, 2.05) is 12.1 Å². The summed E-state index contributed by atoms with van der Waals surface area (Å²) in [5.41, 5.74) is 4.28. The van der Waals surface area contributed by atoms with Crippen LogP contribution in [0.15, 0.2) is 29.4 Å². The number of benzene rings is 1. The third kappa shape index (κ3) is 3.68. The Morgan fingerprint density at radius 2 is 2.07 bits per heavy atom. The first-order valence-electron chi connectivity index (χ1n) is 4.41. The van der Waals surface area contributed by atoms with Gasteiger partial charge in [0.2, 0.25) is 0 Å². The predicted octanol–water partition coefficient (Wildman–Crippen LogP) is 1.42. The molecule has 1 rings (SSSR count). The van der Waals surface area contributed by atoms with E-state index < -0.39 is 6.09 Å². The summed E-state index contributed by atoms with van der Waals surface area (Å²) in [5, 5.41) is 6.42. The third-order valence-electron chi connectivity index (χ3n) is 1.69. The van der Waals surface area contributed by atoms with Crippen molar-refractivity contribution in [3.05, 3.63) is 29.8 Å². The Balaban J connectivity index is 2.64. The fourth-order valence-electron chi connectivity index (χ4n) is 0.960. The summed E-state index contributed by atoms with van der Waals surface area (Å²) >= 11 is 0. The Morgan fingerprint density at radius 3 is 2.60 bits per heavy atom. The molecule has 1 amide bonds. The van der Waals surface area contributed by atoms with Crippen LogP contribution >= 0.6 is 0 Å². The van der Waals surface area contributed by atoms with Gasteiger partial charge < -0.3 is 10.2 Å². The summed E-state index contributed by atoms with van der Waals surface area (Å²) in [4.78, 5) is 10.9. The van der Waals surface area contributed by atoms with E-state index in [-0.39, 0.29) is 0 Å². The van der Waals surface area contributed by atoms with Gasteiger partial charge in [-0.1, -0.05) is 12.1 Å². The summed E-state index contributed by atoms with van der Waals surface area (Å²) < 4.78 is 4.46. The maximum absolute atomic E-state index is 10.9. The summed E-state index contributed by atoms with van der Waals surface area (Å²) in [5.74, 6) is 0. The molecular formula is C10H13N3O2. The lowest BCUT2D eigenvalue weighted by Gasteiger charge is -2.02. The number of rotatable bonds is 3. The zero-order valence-corrected chi connectivity index (χ0v) is 8.65. The molecule has 0 atom stereocenters. The van der Waals surface area contributed by atoms with Crippen LogP contribution in [-0.4, -0.2) is 26.5 Å². The van der Waals surface area contributed by atoms with Crippen molar-refractivity contribution in [2.45, 2.75) is 0 Å². The van der Waals surface area contributed by atoms with Gasteiger partial charge in [-0.05, 0) is 17.7 Å². The number of hydrogen-bond acceptors (Lipinski definition) is 4. The molecule has 0 aromatic heterocycles. The fourth-order valence-corrected chi connectivity index (χ4v) is 0.960. The average molecular weight is 207 g/mol. The molecule has 1 aromatic carbocycles. The van der Waals surface area contributed by atoms with E-state index in [4.69, 9.17) is 0 Å². The first-order valence-corrected chi connectivity index (χ1v) is 4.41. The molecule has 0 aliphatic rings. The maximum atomic E-state index is 10.9. The van der Waals surface area contributed by atoms with Crippen LogP contribution in [0.5, 0.6) is 0 Å². The highest BCUT2D eigenvalue weighted by Crippen LogP contribution is 2.08. The zero-order valence-electron chi connectivity index (χ0n) is 8.65. The molecule has 0 saturated heterocycles. The molecule has 0 unspecified atom stereocenters. The highest BCUT2D eigenvalue weighted by Gasteiger charge is 1.98. The van der Waals surface area contributed by atoms with Crippen molar-refractivity contribution in [2.24, 2.45) is 5.10 Å². The minimum absolute atomic E-state index is 0.480. The molecule has 0 heterocycles. The van der Waals surface area contributed by atoms with Crippen LogP contribution in [0.25, 0.3) is 0 Å². The minimum Gasteiger partial charge on any atom is -0.453 e. The van der Waals surface area contributed by atoms with Crippen LogP contribution in [0.1, 0.15) is 5.56 Å². The molecule has 0 fully saturated rings. The number of hydrogen-bond donors (Lipinski definition) is 2. The second-order valence-corrected chi connectivity index (χ2v) is 2.72. The third-order valence-corrected chi connectivity index (χ3v) is 1.69. The van der Waals surface area contributed by atoms with Crippen LogP contribution in [0, 0.1) is 0 Å². The number of amides is 1. The van der Waals surface area contributed by atoms with Crippen molar-refractivity contribution in [1.82, 2.24) is 5.43 Å². The van der Waals surface area contributed by atoms with E-state index >= 15 is 0 Å². The van der Waals surface area contributed by atoms with E-state index in [9.17, 15) is 4.79 Å². The van der Waals surface area contributed by atoms with Crippen molar-refractivity contribution >= 4 is 18.0 Å². The molecule has 5 nitrogen and oxygen atoms in total. The normalized spacial score (nSPS) is 10.0. The van der Waals surface area contributed by atoms with Gasteiger partial charge in [0.25, 0.3) is 0 Å². The molecule has 0 aliphatic heterocycles. The van der Waals surface area contributed by atoms with Gasteiger partial charge in [-0.15, -0.1) is 0 Å². The molecule has 5 heteroatoms. The lowest BCUT2D eigenvalue weighted by Crippen LogP contribution is -2.10. The van der Waals surface area contributed by atoms with Crippen LogP contribution in [0.2, 0.25) is 0 Å². The lowest BCUT2D eigenvalue weighted by atomic mass is 10.2. The van der Waals surface area contributed by atoms with E-state index in [0.717, 1.165) is 5.56 Å². The van der Waals surface area contributed by atoms with Crippen LogP contribution in [0.4, 0.5) is 10.5 Å². The van der Waals surface area contributed by atoms with E-state index in [1.54, 1.807) is 25.4 Å². The molecule has 0 bridgehead atoms. The molecule has 0 spiro atoms. The van der Waals surface area contributed by atoms with Gasteiger partial charge in [0.1, 0.15) is 0 Å². The van der Waals surface area contributed by atoms with Crippen LogP contribution in [0.3, 0.4) is 0 Å². The fraction of sp³-hybridized carbons (Fsp3) is 0.200. The Bertz CT molecular complexity index is 346. The molecule has 2 N–H and O–H groups in total. The largest absolute Gasteiger partial charge is 0.453 e. The molecular weight excluding hydrogens is 194 g/mol. The zero-order chi connectivity index (χ0) is 11.1. The Kier molecular flexibility index (Phi) is 4.15. The SMILES string of the molecule is CNN=Cc1ccc(NC(=O)OC)cc1. The maximum Gasteiger partial charge on any atom is 0.411 e. The van der Waals surface area contributed by atoms with E-state index in [2.05, 4.69) is 20.6 Å². The standard InChI is InChI=1S/C10H13N3O2/c1-11-12-7-8-3-5-9(6-4-8)13-10(14)15-2/h3-7,11H,1-2H3,(H,13,14). The van der Waals surface area contributed by atoms with Crippen LogP contribution < -0.4 is 10.7 Å². The summed E-state index contributed by atoms with van der Waals surface area (Å²) in [6, 6.07) is 7.22. The number of carbonyl (C=O) groups excluding carboxylic acids is 1. The summed E-state index contributed by atoms with van der Waals surface area (Å²) in [6.07, 6.45) is 1.20. The molecule has 80 valence electrons. The number of methoxy groups -OCH3 is 1. The average Bonchev–Trinajstić information content (AvgIpc) is 2.28. The molecule has 0 radical (unpaired) electrons. The smallest absolute Gasteiger partial charge is 0.411 e. The molecule has 1 aromatic rings. The van der Waals surface area contributed by atoms with Gasteiger partial charge in [-0.2, -0.15) is 5.10 Å². The second-order valence-electron chi connectivity index (χ2n) is 2.72. The number of nitrogens with zero attached hydrogens (tertiary/aromatic N) is 1. The lowest BCUT2D eigenvalue weighted by molar-refractivity contribution is 0.187. The number of anilines is 1. The number of ether oxygens (including phenoxy) is 1. The quantitative estimate of drug-likeness (QED) is 0.582. The van der Waals surface area contributed by atoms with Gasteiger partial charge in [0, 0.05) is 12.7 Å². The molecule has 15 heavy (non-hydrogen) atoms. The molecule has 0 aliphatic carbocycles. The van der Waals surface area contributed by atoms with Gasteiger partial charge in [0.15, 0.2) is 0 Å². The van der Waals surface area contributed by atoms with Crippen molar-refractivity contribution < 1.29 is 9.53 Å². The van der Waals surface area contributed by atoms with Crippen molar-refractivity contribution in [2.75, 3.05) is 19.5 Å². The van der Waals surface area contributed by atoms with Crippen molar-refractivity contribution in [1.29, 1.82) is 0 Å². The van der Waals surface area contributed by atoms with Gasteiger partial charge in [-0.25, -0.2) is 4.79 Å². The van der Waals surface area contributed by atoms with E-state index in [0.29, 0.717) is 5.69 Å². The number of nitrogens with one attached hydrogen (secondary N) is 2. The Hall–Kier alpha value is -2.04. The van der Waals surface area contributed by atoms with Gasteiger partial charge in [-0.3, -0.25) is 5.32 Å². The second kappa shape index (κ2) is 5.64. The monoisotopic (exact) mass is 207 g/mol. The Labute approximate surface area is 88.1 Å². The van der Waals surface area contributed by atoms with Crippen molar-refractivity contribution in [3.8, 4) is 0 Å². The first-order chi connectivity index (χ1) is 7.26. The molecule has 0 saturated carbocycles.